The number of hydrogen-bond acceptors (Lipinski definition) is 6. The fraction of sp³-hybridized carbons (Fsp3) is 0.286. The van der Waals surface area contributed by atoms with Crippen LogP contribution in [0.2, 0.25) is 0 Å². The van der Waals surface area contributed by atoms with Crippen molar-refractivity contribution in [2.24, 2.45) is 0 Å². The lowest BCUT2D eigenvalue weighted by Gasteiger charge is -2.17. The molecule has 1 saturated heterocycles. The van der Waals surface area contributed by atoms with Crippen molar-refractivity contribution < 1.29 is 0 Å². The molecule has 0 unspecified atom stereocenters. The molecule has 4 rings (SSSR count). The number of aryl methyl sites for hydroxylation is 1. The van der Waals surface area contributed by atoms with Gasteiger partial charge < -0.3 is 15.5 Å². The van der Waals surface area contributed by atoms with E-state index in [-0.39, 0.29) is 0 Å². The summed E-state index contributed by atoms with van der Waals surface area (Å²) in [6.45, 7) is 5.08. The standard InChI is InChI=1S/C21H24N6/c1-16-4-6-17(7-5-16)14-22-20-15-23-26-21(25-20)24-18-8-10-19(11-9-18)27-12-2-3-13-27/h4-11,15H,2-3,12-14H2,1H3,(H2,22,24,25,26). The minimum atomic E-state index is 0.484. The Hall–Kier alpha value is -3.15. The molecule has 1 aromatic heterocycles. The van der Waals surface area contributed by atoms with E-state index in [0.717, 1.165) is 18.8 Å². The molecule has 0 amide bonds. The normalized spacial score (nSPS) is 13.6. The van der Waals surface area contributed by atoms with Crippen molar-refractivity contribution in [1.82, 2.24) is 15.2 Å². The average molecular weight is 360 g/mol. The van der Waals surface area contributed by atoms with E-state index in [1.165, 1.54) is 29.7 Å². The summed E-state index contributed by atoms with van der Waals surface area (Å²) in [6.07, 6.45) is 4.19. The van der Waals surface area contributed by atoms with Gasteiger partial charge in [0.1, 0.15) is 0 Å². The van der Waals surface area contributed by atoms with E-state index in [1.807, 2.05) is 0 Å². The topological polar surface area (TPSA) is 66.0 Å². The van der Waals surface area contributed by atoms with Crippen LogP contribution in [0.3, 0.4) is 0 Å². The van der Waals surface area contributed by atoms with Crippen molar-refractivity contribution in [3.63, 3.8) is 0 Å². The minimum Gasteiger partial charge on any atom is -0.372 e. The molecule has 0 radical (unpaired) electrons. The Labute approximate surface area is 159 Å². The highest BCUT2D eigenvalue weighted by Crippen LogP contribution is 2.23. The molecule has 2 N–H and O–H groups in total. The van der Waals surface area contributed by atoms with Gasteiger partial charge in [0.15, 0.2) is 5.82 Å². The molecule has 2 aromatic carbocycles. The monoisotopic (exact) mass is 360 g/mol. The van der Waals surface area contributed by atoms with Crippen molar-refractivity contribution >= 4 is 23.1 Å². The first-order chi connectivity index (χ1) is 13.3. The molecule has 1 aliphatic heterocycles. The summed E-state index contributed by atoms with van der Waals surface area (Å²) in [7, 11) is 0. The fourth-order valence-corrected chi connectivity index (χ4v) is 3.20. The summed E-state index contributed by atoms with van der Waals surface area (Å²) in [4.78, 5) is 6.91. The molecule has 3 aromatic rings. The van der Waals surface area contributed by atoms with Crippen molar-refractivity contribution in [2.45, 2.75) is 26.3 Å². The highest BCUT2D eigenvalue weighted by Gasteiger charge is 2.12. The number of benzene rings is 2. The summed E-state index contributed by atoms with van der Waals surface area (Å²) in [5.74, 6) is 1.18. The molecule has 2 heterocycles. The van der Waals surface area contributed by atoms with Gasteiger partial charge in [-0.25, -0.2) is 0 Å². The van der Waals surface area contributed by atoms with E-state index >= 15 is 0 Å². The van der Waals surface area contributed by atoms with Crippen molar-refractivity contribution in [2.75, 3.05) is 28.6 Å². The second-order valence-corrected chi connectivity index (χ2v) is 6.87. The van der Waals surface area contributed by atoms with E-state index in [1.54, 1.807) is 6.20 Å². The van der Waals surface area contributed by atoms with Crippen LogP contribution in [0.25, 0.3) is 0 Å². The van der Waals surface area contributed by atoms with Crippen LogP contribution in [0, 0.1) is 6.92 Å². The second kappa shape index (κ2) is 8.03. The number of hydrogen-bond donors (Lipinski definition) is 2. The smallest absolute Gasteiger partial charge is 0.249 e. The van der Waals surface area contributed by atoms with E-state index in [0.29, 0.717) is 18.3 Å². The summed E-state index contributed by atoms with van der Waals surface area (Å²) in [5.41, 5.74) is 4.68. The predicted octanol–water partition coefficient (Wildman–Crippen LogP) is 4.14. The number of rotatable bonds is 6. The number of aromatic nitrogens is 3. The van der Waals surface area contributed by atoms with E-state index < -0.39 is 0 Å². The number of nitrogens with zero attached hydrogens (tertiary/aromatic N) is 4. The van der Waals surface area contributed by atoms with E-state index in [2.05, 4.69) is 86.2 Å². The molecule has 27 heavy (non-hydrogen) atoms. The quantitative estimate of drug-likeness (QED) is 0.689. The maximum Gasteiger partial charge on any atom is 0.249 e. The zero-order valence-electron chi connectivity index (χ0n) is 15.5. The van der Waals surface area contributed by atoms with Crippen LogP contribution in [0.1, 0.15) is 24.0 Å². The average Bonchev–Trinajstić information content (AvgIpc) is 3.23. The molecule has 1 fully saturated rings. The predicted molar refractivity (Wildman–Crippen MR) is 110 cm³/mol. The van der Waals surface area contributed by atoms with Gasteiger partial charge >= 0.3 is 0 Å². The van der Waals surface area contributed by atoms with Crippen LogP contribution >= 0.6 is 0 Å². The molecular weight excluding hydrogens is 336 g/mol. The molecule has 0 atom stereocenters. The van der Waals surface area contributed by atoms with Crippen LogP contribution in [-0.2, 0) is 6.54 Å². The van der Waals surface area contributed by atoms with E-state index in [4.69, 9.17) is 0 Å². The Balaban J connectivity index is 1.37. The Morgan fingerprint density at radius 1 is 0.963 bits per heavy atom. The zero-order valence-corrected chi connectivity index (χ0v) is 15.5. The fourth-order valence-electron chi connectivity index (χ4n) is 3.20. The molecule has 0 bridgehead atoms. The van der Waals surface area contributed by atoms with Crippen LogP contribution in [0.5, 0.6) is 0 Å². The maximum atomic E-state index is 4.49. The SMILES string of the molecule is Cc1ccc(CNc2cnnc(Nc3ccc(N4CCCC4)cc3)n2)cc1. The first kappa shape index (κ1) is 17.3. The molecule has 6 nitrogen and oxygen atoms in total. The third-order valence-corrected chi connectivity index (χ3v) is 4.75. The lowest BCUT2D eigenvalue weighted by Crippen LogP contribution is -2.17. The largest absolute Gasteiger partial charge is 0.372 e. The molecule has 138 valence electrons. The van der Waals surface area contributed by atoms with Crippen LogP contribution in [0.15, 0.2) is 54.7 Å². The molecule has 0 saturated carbocycles. The van der Waals surface area contributed by atoms with Gasteiger partial charge in [0.05, 0.1) is 6.20 Å². The lowest BCUT2D eigenvalue weighted by molar-refractivity contribution is 0.949. The highest BCUT2D eigenvalue weighted by atomic mass is 15.3. The molecule has 0 spiro atoms. The van der Waals surface area contributed by atoms with Gasteiger partial charge in [0, 0.05) is 31.0 Å². The minimum absolute atomic E-state index is 0.484. The van der Waals surface area contributed by atoms with Gasteiger partial charge in [0.25, 0.3) is 0 Å². The van der Waals surface area contributed by atoms with Crippen LogP contribution in [-0.4, -0.2) is 28.3 Å². The Morgan fingerprint density at radius 3 is 2.44 bits per heavy atom. The lowest BCUT2D eigenvalue weighted by atomic mass is 10.1. The molecular formula is C21H24N6. The summed E-state index contributed by atoms with van der Waals surface area (Å²) in [6, 6.07) is 16.8. The van der Waals surface area contributed by atoms with Gasteiger partial charge in [0.2, 0.25) is 5.95 Å². The third-order valence-electron chi connectivity index (χ3n) is 4.75. The van der Waals surface area contributed by atoms with Crippen molar-refractivity contribution in [3.05, 3.63) is 65.9 Å². The molecule has 1 aliphatic rings. The van der Waals surface area contributed by atoms with Gasteiger partial charge in [-0.3, -0.25) is 0 Å². The van der Waals surface area contributed by atoms with Gasteiger partial charge in [-0.2, -0.15) is 10.1 Å². The van der Waals surface area contributed by atoms with Gasteiger partial charge in [-0.05, 0) is 49.6 Å². The molecule has 0 aliphatic carbocycles. The van der Waals surface area contributed by atoms with Crippen LogP contribution < -0.4 is 15.5 Å². The zero-order chi connectivity index (χ0) is 18.5. The highest BCUT2D eigenvalue weighted by molar-refractivity contribution is 5.59. The Bertz CT molecular complexity index is 870. The van der Waals surface area contributed by atoms with Gasteiger partial charge in [-0.1, -0.05) is 29.8 Å². The summed E-state index contributed by atoms with van der Waals surface area (Å²) < 4.78 is 0. The molecule has 6 heteroatoms. The maximum absolute atomic E-state index is 4.49. The number of anilines is 4. The summed E-state index contributed by atoms with van der Waals surface area (Å²) >= 11 is 0. The van der Waals surface area contributed by atoms with Gasteiger partial charge in [-0.15, -0.1) is 5.10 Å². The Morgan fingerprint density at radius 2 is 1.70 bits per heavy atom. The Kier molecular flexibility index (Phi) is 5.14. The van der Waals surface area contributed by atoms with Crippen molar-refractivity contribution in [3.8, 4) is 0 Å². The van der Waals surface area contributed by atoms with Crippen molar-refractivity contribution in [1.29, 1.82) is 0 Å². The van der Waals surface area contributed by atoms with Crippen LogP contribution in [0.4, 0.5) is 23.1 Å². The third kappa shape index (κ3) is 4.53. The summed E-state index contributed by atoms with van der Waals surface area (Å²) in [5, 5.41) is 14.6. The second-order valence-electron chi connectivity index (χ2n) is 6.87. The first-order valence-electron chi connectivity index (χ1n) is 9.37. The first-order valence-corrected chi connectivity index (χ1v) is 9.37. The van der Waals surface area contributed by atoms with E-state index in [9.17, 15) is 0 Å². The number of nitrogens with one attached hydrogen (secondary N) is 2.